The first-order valence-electron chi connectivity index (χ1n) is 7.30. The highest BCUT2D eigenvalue weighted by atomic mass is 35.5. The topological polar surface area (TPSA) is 124 Å². The number of sulfonamides is 1. The van der Waals surface area contributed by atoms with E-state index in [1.54, 1.807) is 37.6 Å². The summed E-state index contributed by atoms with van der Waals surface area (Å²) in [5.74, 6) is 0.0686. The molecule has 0 aliphatic heterocycles. The van der Waals surface area contributed by atoms with Gasteiger partial charge >= 0.3 is 0 Å². The van der Waals surface area contributed by atoms with E-state index in [2.05, 4.69) is 25.2 Å². The first kappa shape index (κ1) is 18.0. The molecule has 136 valence electrons. The van der Waals surface area contributed by atoms with Gasteiger partial charge in [-0.15, -0.1) is 5.10 Å². The van der Waals surface area contributed by atoms with Gasteiger partial charge in [0.25, 0.3) is 0 Å². The number of nitrogens with zero attached hydrogens (tertiary/aromatic N) is 5. The summed E-state index contributed by atoms with van der Waals surface area (Å²) < 4.78 is 29.0. The molecule has 0 aromatic carbocycles. The molecular weight excluding hydrogens is 382 g/mol. The maximum Gasteiger partial charge on any atom is 0.244 e. The van der Waals surface area contributed by atoms with Gasteiger partial charge < -0.3 is 5.32 Å². The molecule has 0 unspecified atom stereocenters. The molecule has 0 saturated carbocycles. The zero-order chi connectivity index (χ0) is 18.7. The number of anilines is 1. The number of halogens is 1. The van der Waals surface area contributed by atoms with Crippen molar-refractivity contribution >= 4 is 33.3 Å². The van der Waals surface area contributed by atoms with E-state index in [0.717, 1.165) is 0 Å². The number of nitrogens with one attached hydrogen (secondary N) is 2. The molecule has 3 aromatic heterocycles. The van der Waals surface area contributed by atoms with Gasteiger partial charge in [0, 0.05) is 31.7 Å². The smallest absolute Gasteiger partial charge is 0.244 e. The minimum absolute atomic E-state index is 0.0260. The Kier molecular flexibility index (Phi) is 5.02. The molecule has 3 heterocycles. The average molecular weight is 396 g/mol. The van der Waals surface area contributed by atoms with Crippen molar-refractivity contribution in [1.82, 2.24) is 29.3 Å². The fraction of sp³-hybridized carbons (Fsp3) is 0.143. The van der Waals surface area contributed by atoms with Gasteiger partial charge in [0.05, 0.1) is 17.8 Å². The van der Waals surface area contributed by atoms with E-state index in [1.807, 2.05) is 0 Å². The number of rotatable bonds is 6. The highest BCUT2D eigenvalue weighted by molar-refractivity contribution is 7.89. The van der Waals surface area contributed by atoms with E-state index in [9.17, 15) is 13.2 Å². The average Bonchev–Trinajstić information content (AvgIpc) is 3.23. The molecule has 0 bridgehead atoms. The Bertz CT molecular complexity index is 1040. The van der Waals surface area contributed by atoms with Crippen molar-refractivity contribution in [2.75, 3.05) is 11.9 Å². The fourth-order valence-electron chi connectivity index (χ4n) is 2.02. The van der Waals surface area contributed by atoms with Crippen molar-refractivity contribution in [3.63, 3.8) is 0 Å². The Balaban J connectivity index is 1.62. The van der Waals surface area contributed by atoms with Crippen LogP contribution in [0.4, 0.5) is 5.82 Å². The number of carbonyl (C=O) groups excluding carboxylic acids is 1. The molecule has 0 radical (unpaired) electrons. The fourth-order valence-corrected chi connectivity index (χ4v) is 3.20. The SMILES string of the molecule is Cn1cc(S(=O)(=O)NCC(=O)Nc2ccn(-c3ncccc3Cl)n2)cn1. The first-order valence-corrected chi connectivity index (χ1v) is 9.16. The van der Waals surface area contributed by atoms with Crippen LogP contribution in [-0.2, 0) is 21.9 Å². The van der Waals surface area contributed by atoms with Crippen LogP contribution in [0.15, 0.2) is 47.9 Å². The van der Waals surface area contributed by atoms with Gasteiger partial charge in [0.2, 0.25) is 15.9 Å². The summed E-state index contributed by atoms with van der Waals surface area (Å²) >= 11 is 6.04. The molecule has 10 nitrogen and oxygen atoms in total. The highest BCUT2D eigenvalue weighted by Gasteiger charge is 2.17. The number of carbonyl (C=O) groups is 1. The predicted octanol–water partition coefficient (Wildman–Crippen LogP) is 0.571. The third-order valence-electron chi connectivity index (χ3n) is 3.23. The number of hydrogen-bond acceptors (Lipinski definition) is 6. The lowest BCUT2D eigenvalue weighted by atomic mass is 10.4. The molecule has 0 saturated heterocycles. The molecule has 2 N–H and O–H groups in total. The van der Waals surface area contributed by atoms with Crippen LogP contribution >= 0.6 is 11.6 Å². The molecule has 0 atom stereocenters. The second kappa shape index (κ2) is 7.23. The molecule has 0 aliphatic rings. The van der Waals surface area contributed by atoms with Crippen molar-refractivity contribution in [3.8, 4) is 5.82 Å². The maximum atomic E-state index is 12.0. The molecule has 0 aliphatic carbocycles. The molecule has 26 heavy (non-hydrogen) atoms. The molecule has 0 spiro atoms. The maximum absolute atomic E-state index is 12.0. The van der Waals surface area contributed by atoms with Crippen molar-refractivity contribution in [3.05, 3.63) is 48.0 Å². The molecule has 3 aromatic rings. The van der Waals surface area contributed by atoms with Gasteiger partial charge in [-0.25, -0.2) is 22.8 Å². The van der Waals surface area contributed by atoms with E-state index in [-0.39, 0.29) is 10.7 Å². The second-order valence-electron chi connectivity index (χ2n) is 5.18. The third kappa shape index (κ3) is 4.07. The summed E-state index contributed by atoms with van der Waals surface area (Å²) in [6.45, 7) is -0.450. The van der Waals surface area contributed by atoms with Crippen molar-refractivity contribution in [1.29, 1.82) is 0 Å². The summed E-state index contributed by atoms with van der Waals surface area (Å²) in [5.41, 5.74) is 0. The lowest BCUT2D eigenvalue weighted by Crippen LogP contribution is -2.32. The predicted molar refractivity (Wildman–Crippen MR) is 93.4 cm³/mol. The Labute approximate surface area is 153 Å². The van der Waals surface area contributed by atoms with Crippen molar-refractivity contribution < 1.29 is 13.2 Å². The van der Waals surface area contributed by atoms with E-state index < -0.39 is 22.5 Å². The van der Waals surface area contributed by atoms with E-state index >= 15 is 0 Å². The van der Waals surface area contributed by atoms with Crippen LogP contribution in [0.25, 0.3) is 5.82 Å². The van der Waals surface area contributed by atoms with Crippen LogP contribution in [0.5, 0.6) is 0 Å². The third-order valence-corrected chi connectivity index (χ3v) is 4.88. The highest BCUT2D eigenvalue weighted by Crippen LogP contribution is 2.17. The van der Waals surface area contributed by atoms with Crippen LogP contribution < -0.4 is 10.0 Å². The number of aryl methyl sites for hydroxylation is 1. The Morgan fingerprint density at radius 1 is 1.35 bits per heavy atom. The molecule has 0 fully saturated rings. The number of amides is 1. The van der Waals surface area contributed by atoms with Gasteiger partial charge in [-0.05, 0) is 12.1 Å². The van der Waals surface area contributed by atoms with Crippen LogP contribution in [0, 0.1) is 0 Å². The van der Waals surface area contributed by atoms with E-state index in [4.69, 9.17) is 11.6 Å². The number of pyridine rings is 1. The molecule has 3 rings (SSSR count). The summed E-state index contributed by atoms with van der Waals surface area (Å²) in [6, 6.07) is 4.89. The van der Waals surface area contributed by atoms with Crippen molar-refractivity contribution in [2.24, 2.45) is 7.05 Å². The molecular formula is C14H14ClN7O3S. The van der Waals surface area contributed by atoms with Crippen LogP contribution in [0.3, 0.4) is 0 Å². The summed E-state index contributed by atoms with van der Waals surface area (Å²) in [6.07, 6.45) is 5.66. The first-order chi connectivity index (χ1) is 12.3. The number of hydrogen-bond donors (Lipinski definition) is 2. The largest absolute Gasteiger partial charge is 0.308 e. The Morgan fingerprint density at radius 3 is 2.85 bits per heavy atom. The minimum Gasteiger partial charge on any atom is -0.308 e. The van der Waals surface area contributed by atoms with Crippen LogP contribution in [-0.4, -0.2) is 45.4 Å². The summed E-state index contributed by atoms with van der Waals surface area (Å²) in [5, 5.41) is 10.8. The number of aromatic nitrogens is 5. The lowest BCUT2D eigenvalue weighted by molar-refractivity contribution is -0.115. The quantitative estimate of drug-likeness (QED) is 0.628. The minimum atomic E-state index is -3.82. The van der Waals surface area contributed by atoms with Gasteiger partial charge in [-0.1, -0.05) is 11.6 Å². The van der Waals surface area contributed by atoms with Crippen LogP contribution in [0.1, 0.15) is 0 Å². The van der Waals surface area contributed by atoms with Crippen molar-refractivity contribution in [2.45, 2.75) is 4.90 Å². The van der Waals surface area contributed by atoms with Gasteiger partial charge in [-0.3, -0.25) is 9.48 Å². The standard InChI is InChI=1S/C14H14ClN7O3S/c1-21-9-10(7-17-21)26(24,25)18-8-13(23)19-12-4-6-22(20-12)14-11(15)3-2-5-16-14/h2-7,9,18H,8H2,1H3,(H,19,20,23). The Morgan fingerprint density at radius 2 is 2.15 bits per heavy atom. The lowest BCUT2D eigenvalue weighted by Gasteiger charge is -2.05. The monoisotopic (exact) mass is 395 g/mol. The van der Waals surface area contributed by atoms with Gasteiger partial charge in [0.1, 0.15) is 4.90 Å². The normalized spacial score (nSPS) is 11.5. The Hall–Kier alpha value is -2.76. The second-order valence-corrected chi connectivity index (χ2v) is 7.35. The molecule has 1 amide bonds. The summed E-state index contributed by atoms with van der Waals surface area (Å²) in [7, 11) is -2.22. The van der Waals surface area contributed by atoms with Gasteiger partial charge in [-0.2, -0.15) is 5.10 Å². The van der Waals surface area contributed by atoms with E-state index in [0.29, 0.717) is 10.8 Å². The zero-order valence-electron chi connectivity index (χ0n) is 13.5. The summed E-state index contributed by atoms with van der Waals surface area (Å²) in [4.78, 5) is 16.0. The van der Waals surface area contributed by atoms with Crippen LogP contribution in [0.2, 0.25) is 5.02 Å². The zero-order valence-corrected chi connectivity index (χ0v) is 15.1. The van der Waals surface area contributed by atoms with Gasteiger partial charge in [0.15, 0.2) is 11.6 Å². The molecule has 12 heteroatoms. The van der Waals surface area contributed by atoms with E-state index in [1.165, 1.54) is 21.8 Å².